The number of nitrogens with zero attached hydrogens (tertiary/aromatic N) is 2. The molecule has 0 aliphatic carbocycles. The third kappa shape index (κ3) is 6.57. The molecule has 43 heavy (non-hydrogen) atoms. The molecule has 1 atom stereocenters. The van der Waals surface area contributed by atoms with Gasteiger partial charge in [-0.1, -0.05) is 35.6 Å². The van der Waals surface area contributed by atoms with Crippen molar-refractivity contribution in [3.05, 3.63) is 119 Å². The number of ether oxygens (including phenoxy) is 4. The minimum atomic E-state index is -0.786. The van der Waals surface area contributed by atoms with Gasteiger partial charge in [-0.05, 0) is 88.9 Å². The molecule has 0 fully saturated rings. The number of hydrogen-bond acceptors (Lipinski definition) is 8. The lowest BCUT2D eigenvalue weighted by Crippen LogP contribution is -2.39. The van der Waals surface area contributed by atoms with Crippen LogP contribution in [0.1, 0.15) is 36.6 Å². The lowest BCUT2D eigenvalue weighted by Gasteiger charge is -2.23. The monoisotopic (exact) mass is 666 g/mol. The van der Waals surface area contributed by atoms with E-state index in [1.54, 1.807) is 42.5 Å². The zero-order chi connectivity index (χ0) is 30.5. The van der Waals surface area contributed by atoms with Crippen LogP contribution in [0.25, 0.3) is 6.08 Å². The Labute approximate surface area is 259 Å². The summed E-state index contributed by atoms with van der Waals surface area (Å²) in [6.45, 7) is 4.82. The summed E-state index contributed by atoms with van der Waals surface area (Å²) in [5, 5.41) is 0. The van der Waals surface area contributed by atoms with Gasteiger partial charge in [0.15, 0.2) is 16.3 Å². The lowest BCUT2D eigenvalue weighted by atomic mass is 9.97. The van der Waals surface area contributed by atoms with E-state index in [2.05, 4.69) is 20.9 Å². The van der Waals surface area contributed by atoms with Crippen LogP contribution in [0.4, 0.5) is 4.39 Å². The Hall–Kier alpha value is -4.22. The highest BCUT2D eigenvalue weighted by Gasteiger charge is 2.31. The summed E-state index contributed by atoms with van der Waals surface area (Å²) in [4.78, 5) is 31.5. The molecular weight excluding hydrogens is 639 g/mol. The maximum atomic E-state index is 13.9. The van der Waals surface area contributed by atoms with Crippen molar-refractivity contribution in [3.8, 4) is 17.2 Å². The number of carbonyl (C=O) groups is 1. The van der Waals surface area contributed by atoms with Crippen LogP contribution in [0.15, 0.2) is 86.7 Å². The van der Waals surface area contributed by atoms with Crippen LogP contribution in [0.2, 0.25) is 0 Å². The number of thiazole rings is 1. The van der Waals surface area contributed by atoms with Crippen LogP contribution >= 0.6 is 27.3 Å². The topological polar surface area (TPSA) is 88.4 Å². The van der Waals surface area contributed by atoms with Crippen LogP contribution in [-0.4, -0.2) is 30.9 Å². The molecule has 2 heterocycles. The second kappa shape index (κ2) is 13.4. The highest BCUT2D eigenvalue weighted by atomic mass is 79.9. The second-order valence-corrected chi connectivity index (χ2v) is 11.2. The molecule has 0 bridgehead atoms. The molecule has 0 spiro atoms. The Bertz CT molecular complexity index is 1880. The number of halogens is 2. The second-order valence-electron chi connectivity index (χ2n) is 9.36. The van der Waals surface area contributed by atoms with Crippen molar-refractivity contribution >= 4 is 39.3 Å². The number of fused-ring (bicyclic) bond motifs is 1. The summed E-state index contributed by atoms with van der Waals surface area (Å²) in [5.74, 6) is 0.738. The summed E-state index contributed by atoms with van der Waals surface area (Å²) in [5.41, 5.74) is 2.01. The highest BCUT2D eigenvalue weighted by molar-refractivity contribution is 9.10. The normalized spacial score (nSPS) is 14.4. The maximum Gasteiger partial charge on any atom is 0.337 e. The number of methoxy groups -OCH3 is 1. The van der Waals surface area contributed by atoms with E-state index in [1.165, 1.54) is 41.3 Å². The van der Waals surface area contributed by atoms with Gasteiger partial charge in [0.25, 0.3) is 5.56 Å². The lowest BCUT2D eigenvalue weighted by molar-refractivity contribution is -0.136. The minimum Gasteiger partial charge on any atom is -0.490 e. The van der Waals surface area contributed by atoms with Gasteiger partial charge >= 0.3 is 5.97 Å². The standard InChI is InChI=1S/C32H28BrFN2O6S/c1-4-40-26-12-10-21(16-27(26)41-5-2)29-23(31(38)39-3)17-35-32-36(29)30(37)28(43-32)15-19-9-11-25(24(33)14-19)42-18-20-7-6-8-22(34)13-20/h6-17,29H,4-5,18H2,1-3H3/b28-15-/t29-/m1/s1. The number of aromatic nitrogens is 1. The fourth-order valence-electron chi connectivity index (χ4n) is 4.65. The average Bonchev–Trinajstić information content (AvgIpc) is 3.31. The van der Waals surface area contributed by atoms with Gasteiger partial charge in [0.2, 0.25) is 0 Å². The number of hydrogen-bond donors (Lipinski definition) is 0. The van der Waals surface area contributed by atoms with Gasteiger partial charge < -0.3 is 18.9 Å². The van der Waals surface area contributed by atoms with Crippen molar-refractivity contribution in [2.45, 2.75) is 26.5 Å². The van der Waals surface area contributed by atoms with E-state index in [0.29, 0.717) is 55.4 Å². The van der Waals surface area contributed by atoms with Gasteiger partial charge in [-0.3, -0.25) is 9.36 Å². The molecule has 1 aromatic heterocycles. The molecule has 3 aromatic carbocycles. The molecule has 0 unspecified atom stereocenters. The fraction of sp³-hybridized carbons (Fsp3) is 0.219. The Morgan fingerprint density at radius 2 is 1.79 bits per heavy atom. The summed E-state index contributed by atoms with van der Waals surface area (Å²) in [6, 6.07) is 16.2. The van der Waals surface area contributed by atoms with E-state index in [1.807, 2.05) is 26.0 Å². The summed E-state index contributed by atoms with van der Waals surface area (Å²) in [7, 11) is 1.29. The minimum absolute atomic E-state index is 0.202. The van der Waals surface area contributed by atoms with E-state index < -0.39 is 12.0 Å². The van der Waals surface area contributed by atoms with Crippen molar-refractivity contribution in [1.29, 1.82) is 0 Å². The van der Waals surface area contributed by atoms with Crippen LogP contribution in [-0.2, 0) is 16.1 Å². The number of benzene rings is 3. The van der Waals surface area contributed by atoms with Crippen molar-refractivity contribution in [1.82, 2.24) is 4.57 Å². The smallest absolute Gasteiger partial charge is 0.337 e. The van der Waals surface area contributed by atoms with Crippen molar-refractivity contribution < 1.29 is 28.1 Å². The fourth-order valence-corrected chi connectivity index (χ4v) is 6.13. The van der Waals surface area contributed by atoms with Crippen LogP contribution in [0.3, 0.4) is 0 Å². The van der Waals surface area contributed by atoms with Crippen molar-refractivity contribution in [2.24, 2.45) is 4.99 Å². The van der Waals surface area contributed by atoms with Crippen LogP contribution in [0.5, 0.6) is 17.2 Å². The first-order valence-corrected chi connectivity index (χ1v) is 15.1. The van der Waals surface area contributed by atoms with E-state index in [0.717, 1.165) is 5.56 Å². The molecule has 0 radical (unpaired) electrons. The zero-order valence-electron chi connectivity index (χ0n) is 23.6. The van der Waals surface area contributed by atoms with Gasteiger partial charge in [-0.2, -0.15) is 0 Å². The molecule has 0 saturated heterocycles. The number of rotatable bonds is 10. The quantitative estimate of drug-likeness (QED) is 0.214. The summed E-state index contributed by atoms with van der Waals surface area (Å²) >= 11 is 4.75. The van der Waals surface area contributed by atoms with Gasteiger partial charge in [0.1, 0.15) is 18.2 Å². The molecule has 1 aliphatic heterocycles. The van der Waals surface area contributed by atoms with E-state index in [4.69, 9.17) is 18.9 Å². The molecule has 1 aliphatic rings. The Morgan fingerprint density at radius 3 is 2.51 bits per heavy atom. The first kappa shape index (κ1) is 30.2. The predicted octanol–water partition coefficient (Wildman–Crippen LogP) is 5.30. The first-order valence-electron chi connectivity index (χ1n) is 13.5. The first-order chi connectivity index (χ1) is 20.8. The van der Waals surface area contributed by atoms with Crippen molar-refractivity contribution in [2.75, 3.05) is 20.3 Å². The number of carbonyl (C=O) groups excluding carboxylic acids is 1. The summed E-state index contributed by atoms with van der Waals surface area (Å²) < 4.78 is 38.5. The third-order valence-electron chi connectivity index (χ3n) is 6.55. The molecule has 222 valence electrons. The van der Waals surface area contributed by atoms with E-state index >= 15 is 0 Å². The predicted molar refractivity (Wildman–Crippen MR) is 165 cm³/mol. The maximum absolute atomic E-state index is 13.9. The van der Waals surface area contributed by atoms with Gasteiger partial charge in [-0.15, -0.1) is 0 Å². The largest absolute Gasteiger partial charge is 0.490 e. The molecule has 11 heteroatoms. The van der Waals surface area contributed by atoms with Gasteiger partial charge in [0, 0.05) is 6.20 Å². The van der Waals surface area contributed by atoms with Crippen LogP contribution in [0, 0.1) is 5.82 Å². The summed E-state index contributed by atoms with van der Waals surface area (Å²) in [6.07, 6.45) is 3.21. The number of esters is 1. The molecular formula is C32H28BrFN2O6S. The highest BCUT2D eigenvalue weighted by Crippen LogP contribution is 2.35. The molecule has 5 rings (SSSR count). The zero-order valence-corrected chi connectivity index (χ0v) is 26.0. The molecule has 0 N–H and O–H groups in total. The SMILES string of the molecule is CCOc1ccc([C@@H]2C(C(=O)OC)=CN=c3s/c(=C\c4ccc(OCc5cccc(F)c5)c(Br)c4)c(=O)n32)cc1OCC. The van der Waals surface area contributed by atoms with Gasteiger partial charge in [-0.25, -0.2) is 14.2 Å². The molecule has 8 nitrogen and oxygen atoms in total. The average molecular weight is 668 g/mol. The third-order valence-corrected chi connectivity index (χ3v) is 8.16. The Balaban J connectivity index is 1.51. The Kier molecular flexibility index (Phi) is 9.42. The molecule has 4 aromatic rings. The van der Waals surface area contributed by atoms with Crippen LogP contribution < -0.4 is 29.1 Å². The molecule has 0 amide bonds. The van der Waals surface area contributed by atoms with E-state index in [9.17, 15) is 14.0 Å². The molecule has 0 saturated carbocycles. The Morgan fingerprint density at radius 1 is 1.02 bits per heavy atom. The van der Waals surface area contributed by atoms with E-state index in [-0.39, 0.29) is 23.6 Å². The van der Waals surface area contributed by atoms with Gasteiger partial charge in [0.05, 0.1) is 40.9 Å². The van der Waals surface area contributed by atoms with Crippen molar-refractivity contribution in [3.63, 3.8) is 0 Å².